The Balaban J connectivity index is 1.84. The number of hydrogen-bond acceptors (Lipinski definition) is 2. The molecule has 3 nitrogen and oxygen atoms in total. The highest BCUT2D eigenvalue weighted by Gasteiger charge is 2.13. The van der Waals surface area contributed by atoms with Crippen molar-refractivity contribution >= 4 is 16.7 Å². The summed E-state index contributed by atoms with van der Waals surface area (Å²) in [4.78, 5) is 6.92. The van der Waals surface area contributed by atoms with E-state index in [1.54, 1.807) is 0 Å². The number of aromatic nitrogens is 2. The van der Waals surface area contributed by atoms with Gasteiger partial charge in [0.15, 0.2) is 5.82 Å². The molecule has 0 radical (unpaired) electrons. The maximum absolute atomic E-state index is 4.83. The normalized spacial score (nSPS) is 10.6. The lowest BCUT2D eigenvalue weighted by Crippen LogP contribution is -2.07. The van der Waals surface area contributed by atoms with E-state index >= 15 is 0 Å². The van der Waals surface area contributed by atoms with Crippen molar-refractivity contribution in [3.05, 3.63) is 89.7 Å². The number of hydrogen-bond donors (Lipinski definition) is 0. The molecule has 4 rings (SSSR count). The van der Waals surface area contributed by atoms with Crippen molar-refractivity contribution in [2.45, 2.75) is 19.8 Å². The maximum atomic E-state index is 4.83. The zero-order valence-electron chi connectivity index (χ0n) is 17.2. The van der Waals surface area contributed by atoms with Crippen LogP contribution in [0, 0.1) is 11.8 Å². The van der Waals surface area contributed by atoms with Gasteiger partial charge in [0, 0.05) is 25.3 Å². The molecule has 0 aliphatic rings. The van der Waals surface area contributed by atoms with Crippen molar-refractivity contribution in [2.75, 3.05) is 19.0 Å². The first-order valence-electron chi connectivity index (χ1n) is 10.0. The third-order valence-corrected chi connectivity index (χ3v) is 5.01. The van der Waals surface area contributed by atoms with Gasteiger partial charge >= 0.3 is 0 Å². The van der Waals surface area contributed by atoms with Crippen LogP contribution in [0.1, 0.15) is 30.3 Å². The van der Waals surface area contributed by atoms with E-state index in [0.717, 1.165) is 46.6 Å². The molecule has 29 heavy (non-hydrogen) atoms. The summed E-state index contributed by atoms with van der Waals surface area (Å²) in [5.41, 5.74) is 6.67. The van der Waals surface area contributed by atoms with Gasteiger partial charge in [-0.2, -0.15) is 0 Å². The zero-order valence-corrected chi connectivity index (χ0v) is 17.2. The standard InChI is InChI=1S/C26H25N3/c1-4-9-21-10-5-7-12-24(21)29-25-13-8-6-11-23(25)27-26(29)19-16-20-14-17-22(18-15-20)28(2)3/h5-8,10-15,17-18H,4,9H2,1-3H3. The number of rotatable bonds is 4. The molecule has 144 valence electrons. The van der Waals surface area contributed by atoms with Crippen LogP contribution < -0.4 is 4.90 Å². The predicted molar refractivity (Wildman–Crippen MR) is 122 cm³/mol. The topological polar surface area (TPSA) is 21.1 Å². The van der Waals surface area contributed by atoms with Crippen molar-refractivity contribution in [1.29, 1.82) is 0 Å². The Morgan fingerprint density at radius 1 is 0.862 bits per heavy atom. The van der Waals surface area contributed by atoms with Crippen molar-refractivity contribution in [2.24, 2.45) is 0 Å². The Morgan fingerprint density at radius 3 is 2.34 bits per heavy atom. The monoisotopic (exact) mass is 379 g/mol. The third kappa shape index (κ3) is 3.88. The van der Waals surface area contributed by atoms with Crippen LogP contribution in [0.15, 0.2) is 72.8 Å². The molecule has 0 amide bonds. The number of para-hydroxylation sites is 3. The number of aryl methyl sites for hydroxylation is 1. The van der Waals surface area contributed by atoms with Crippen molar-refractivity contribution in [1.82, 2.24) is 9.55 Å². The van der Waals surface area contributed by atoms with Gasteiger partial charge in [0.05, 0.1) is 16.7 Å². The SMILES string of the molecule is CCCc1ccccc1-n1c(C#Cc2ccc(N(C)C)cc2)nc2ccccc21. The fourth-order valence-electron chi connectivity index (χ4n) is 3.53. The summed E-state index contributed by atoms with van der Waals surface area (Å²) in [7, 11) is 4.08. The second kappa shape index (κ2) is 8.24. The van der Waals surface area contributed by atoms with Crippen LogP contribution in [0.3, 0.4) is 0 Å². The van der Waals surface area contributed by atoms with Crippen LogP contribution in [-0.2, 0) is 6.42 Å². The summed E-state index contributed by atoms with van der Waals surface area (Å²) < 4.78 is 2.20. The highest BCUT2D eigenvalue weighted by atomic mass is 15.1. The number of benzene rings is 3. The molecule has 0 spiro atoms. The van der Waals surface area contributed by atoms with Crippen LogP contribution >= 0.6 is 0 Å². The molecule has 4 aromatic rings. The second-order valence-corrected chi connectivity index (χ2v) is 7.33. The van der Waals surface area contributed by atoms with Crippen LogP contribution in [0.2, 0.25) is 0 Å². The van der Waals surface area contributed by atoms with E-state index < -0.39 is 0 Å². The Hall–Kier alpha value is -3.51. The summed E-state index contributed by atoms with van der Waals surface area (Å²) in [6.45, 7) is 2.21. The fourth-order valence-corrected chi connectivity index (χ4v) is 3.53. The first kappa shape index (κ1) is 18.8. The average molecular weight is 380 g/mol. The minimum Gasteiger partial charge on any atom is -0.378 e. The molecule has 3 aromatic carbocycles. The van der Waals surface area contributed by atoms with Crippen LogP contribution in [0.4, 0.5) is 5.69 Å². The van der Waals surface area contributed by atoms with Crippen molar-refractivity contribution in [3.63, 3.8) is 0 Å². The Kier molecular flexibility index (Phi) is 5.35. The van der Waals surface area contributed by atoms with Gasteiger partial charge in [0.1, 0.15) is 0 Å². The van der Waals surface area contributed by atoms with E-state index in [9.17, 15) is 0 Å². The first-order chi connectivity index (χ1) is 14.2. The van der Waals surface area contributed by atoms with Gasteiger partial charge in [0.2, 0.25) is 0 Å². The Labute approximate surface area is 172 Å². The molecule has 0 aliphatic carbocycles. The van der Waals surface area contributed by atoms with Gasteiger partial charge in [-0.15, -0.1) is 0 Å². The van der Waals surface area contributed by atoms with Crippen LogP contribution in [0.5, 0.6) is 0 Å². The average Bonchev–Trinajstić information content (AvgIpc) is 3.11. The lowest BCUT2D eigenvalue weighted by Gasteiger charge is -2.12. The molecule has 0 saturated heterocycles. The molecule has 0 N–H and O–H groups in total. The van der Waals surface area contributed by atoms with E-state index in [4.69, 9.17) is 4.98 Å². The summed E-state index contributed by atoms with van der Waals surface area (Å²) in [6.07, 6.45) is 2.13. The van der Waals surface area contributed by atoms with E-state index in [1.807, 2.05) is 26.2 Å². The number of nitrogens with zero attached hydrogens (tertiary/aromatic N) is 3. The van der Waals surface area contributed by atoms with Crippen molar-refractivity contribution < 1.29 is 0 Å². The molecule has 0 saturated carbocycles. The summed E-state index contributed by atoms with van der Waals surface area (Å²) in [5, 5.41) is 0. The Morgan fingerprint density at radius 2 is 1.59 bits per heavy atom. The quantitative estimate of drug-likeness (QED) is 0.440. The number of imidazole rings is 1. The lowest BCUT2D eigenvalue weighted by atomic mass is 10.1. The molecular formula is C26H25N3. The molecule has 3 heteroatoms. The first-order valence-corrected chi connectivity index (χ1v) is 10.0. The highest BCUT2D eigenvalue weighted by Crippen LogP contribution is 2.24. The summed E-state index contributed by atoms with van der Waals surface area (Å²) in [6, 6.07) is 25.1. The molecule has 0 atom stereocenters. The van der Waals surface area contributed by atoms with Gasteiger partial charge in [-0.1, -0.05) is 49.6 Å². The lowest BCUT2D eigenvalue weighted by molar-refractivity contribution is 0.900. The van der Waals surface area contributed by atoms with E-state index in [-0.39, 0.29) is 0 Å². The smallest absolute Gasteiger partial charge is 0.191 e. The molecule has 0 fully saturated rings. The van der Waals surface area contributed by atoms with Gasteiger partial charge < -0.3 is 4.90 Å². The summed E-state index contributed by atoms with van der Waals surface area (Å²) in [5.74, 6) is 7.39. The number of fused-ring (bicyclic) bond motifs is 1. The third-order valence-electron chi connectivity index (χ3n) is 5.01. The number of anilines is 1. The van der Waals surface area contributed by atoms with E-state index in [1.165, 1.54) is 5.56 Å². The highest BCUT2D eigenvalue weighted by molar-refractivity contribution is 5.79. The summed E-state index contributed by atoms with van der Waals surface area (Å²) >= 11 is 0. The second-order valence-electron chi connectivity index (χ2n) is 7.33. The minimum atomic E-state index is 0.770. The van der Waals surface area contributed by atoms with E-state index in [2.05, 4.69) is 88.9 Å². The maximum Gasteiger partial charge on any atom is 0.191 e. The molecule has 1 heterocycles. The molecule has 0 aliphatic heterocycles. The minimum absolute atomic E-state index is 0.770. The Bertz CT molecular complexity index is 1190. The van der Waals surface area contributed by atoms with E-state index in [0.29, 0.717) is 0 Å². The van der Waals surface area contributed by atoms with Crippen molar-refractivity contribution in [3.8, 4) is 17.5 Å². The largest absolute Gasteiger partial charge is 0.378 e. The van der Waals surface area contributed by atoms with Gasteiger partial charge in [-0.05, 0) is 60.4 Å². The van der Waals surface area contributed by atoms with Crippen LogP contribution in [0.25, 0.3) is 16.7 Å². The van der Waals surface area contributed by atoms with Crippen LogP contribution in [-0.4, -0.2) is 23.6 Å². The van der Waals surface area contributed by atoms with Gasteiger partial charge in [-0.3, -0.25) is 4.57 Å². The molecule has 1 aromatic heterocycles. The fraction of sp³-hybridized carbons (Fsp3) is 0.192. The van der Waals surface area contributed by atoms with Gasteiger partial charge in [0.25, 0.3) is 0 Å². The molecular weight excluding hydrogens is 354 g/mol. The zero-order chi connectivity index (χ0) is 20.2. The molecule has 0 unspecified atom stereocenters. The molecule has 0 bridgehead atoms. The predicted octanol–water partition coefficient (Wildman–Crippen LogP) is 5.44. The van der Waals surface area contributed by atoms with Gasteiger partial charge in [-0.25, -0.2) is 4.98 Å².